The van der Waals surface area contributed by atoms with Crippen LogP contribution in [0.3, 0.4) is 0 Å². The Morgan fingerprint density at radius 2 is 1.95 bits per heavy atom. The van der Waals surface area contributed by atoms with Gasteiger partial charge in [-0.05, 0) is 51.8 Å². The van der Waals surface area contributed by atoms with Gasteiger partial charge in [0.25, 0.3) is 5.91 Å². The van der Waals surface area contributed by atoms with Crippen LogP contribution in [0.5, 0.6) is 0 Å². The number of nitrogens with zero attached hydrogens (tertiary/aromatic N) is 1. The Balaban J connectivity index is 2.03. The van der Waals surface area contributed by atoms with E-state index < -0.39 is 5.82 Å². The normalized spacial score (nSPS) is 9.85. The van der Waals surface area contributed by atoms with E-state index in [1.165, 1.54) is 18.2 Å². The first-order valence-corrected chi connectivity index (χ1v) is 6.62. The molecule has 2 aromatic rings. The molecule has 1 N–H and O–H groups in total. The summed E-state index contributed by atoms with van der Waals surface area (Å²) in [6.45, 7) is 0.342. The molecule has 1 amide bonds. The van der Waals surface area contributed by atoms with E-state index in [-0.39, 0.29) is 5.91 Å². The van der Waals surface area contributed by atoms with Crippen LogP contribution in [-0.4, -0.2) is 5.91 Å². The molecular formula is C15H10BrFN2O. The van der Waals surface area contributed by atoms with Crippen LogP contribution >= 0.6 is 15.9 Å². The van der Waals surface area contributed by atoms with Crippen LogP contribution in [0.15, 0.2) is 46.9 Å². The van der Waals surface area contributed by atoms with Crippen LogP contribution in [0.4, 0.5) is 4.39 Å². The zero-order chi connectivity index (χ0) is 14.5. The number of hydrogen-bond acceptors (Lipinski definition) is 2. The van der Waals surface area contributed by atoms with Crippen molar-refractivity contribution >= 4 is 21.8 Å². The second kappa shape index (κ2) is 6.31. The molecule has 100 valence electrons. The van der Waals surface area contributed by atoms with Crippen LogP contribution in [-0.2, 0) is 6.54 Å². The lowest BCUT2D eigenvalue weighted by Gasteiger charge is -2.07. The lowest BCUT2D eigenvalue weighted by molar-refractivity contribution is 0.0950. The Hall–Kier alpha value is -2.19. The summed E-state index contributed by atoms with van der Waals surface area (Å²) in [7, 11) is 0. The van der Waals surface area contributed by atoms with Crippen molar-refractivity contribution in [3.63, 3.8) is 0 Å². The highest BCUT2D eigenvalue weighted by Crippen LogP contribution is 2.18. The summed E-state index contributed by atoms with van der Waals surface area (Å²) >= 11 is 3.16. The second-order valence-electron chi connectivity index (χ2n) is 4.12. The fourth-order valence-electron chi connectivity index (χ4n) is 1.65. The average Bonchev–Trinajstić information content (AvgIpc) is 2.45. The molecule has 0 bridgehead atoms. The molecule has 0 atom stereocenters. The van der Waals surface area contributed by atoms with Gasteiger partial charge >= 0.3 is 0 Å². The molecule has 0 aliphatic heterocycles. The van der Waals surface area contributed by atoms with E-state index in [1.54, 1.807) is 24.3 Å². The summed E-state index contributed by atoms with van der Waals surface area (Å²) in [6.07, 6.45) is 0. The molecule has 0 heterocycles. The van der Waals surface area contributed by atoms with E-state index in [1.807, 2.05) is 6.07 Å². The minimum Gasteiger partial charge on any atom is -0.348 e. The van der Waals surface area contributed by atoms with Gasteiger partial charge in [-0.3, -0.25) is 4.79 Å². The van der Waals surface area contributed by atoms with Crippen molar-refractivity contribution in [2.24, 2.45) is 0 Å². The van der Waals surface area contributed by atoms with Gasteiger partial charge in [0, 0.05) is 11.0 Å². The van der Waals surface area contributed by atoms with Crippen molar-refractivity contribution in [3.05, 3.63) is 69.4 Å². The van der Waals surface area contributed by atoms with Gasteiger partial charge in [-0.25, -0.2) is 4.39 Å². The molecule has 2 aromatic carbocycles. The predicted molar refractivity (Wildman–Crippen MR) is 76.4 cm³/mol. The number of carbonyl (C=O) groups excluding carboxylic acids is 1. The molecule has 0 aliphatic carbocycles. The van der Waals surface area contributed by atoms with E-state index in [9.17, 15) is 9.18 Å². The summed E-state index contributed by atoms with van der Waals surface area (Å²) in [5, 5.41) is 11.4. The molecule has 0 aromatic heterocycles. The minimum atomic E-state index is -0.402. The Morgan fingerprint density at radius 3 is 2.55 bits per heavy atom. The Labute approximate surface area is 124 Å². The van der Waals surface area contributed by atoms with Crippen LogP contribution in [0.25, 0.3) is 0 Å². The fraction of sp³-hybridized carbons (Fsp3) is 0.0667. The first-order valence-electron chi connectivity index (χ1n) is 5.82. The molecule has 0 aliphatic rings. The Kier molecular flexibility index (Phi) is 4.49. The van der Waals surface area contributed by atoms with Gasteiger partial charge in [0.1, 0.15) is 5.82 Å². The van der Waals surface area contributed by atoms with E-state index in [0.29, 0.717) is 22.1 Å². The smallest absolute Gasteiger partial charge is 0.252 e. The van der Waals surface area contributed by atoms with Crippen molar-refractivity contribution in [1.82, 2.24) is 5.32 Å². The predicted octanol–water partition coefficient (Wildman–Crippen LogP) is 3.39. The molecule has 0 spiro atoms. The third kappa shape index (κ3) is 3.43. The second-order valence-corrected chi connectivity index (χ2v) is 4.97. The first-order chi connectivity index (χ1) is 9.60. The van der Waals surface area contributed by atoms with Crippen molar-refractivity contribution in [1.29, 1.82) is 5.26 Å². The number of benzene rings is 2. The maximum Gasteiger partial charge on any atom is 0.252 e. The molecular weight excluding hydrogens is 323 g/mol. The third-order valence-corrected chi connectivity index (χ3v) is 3.37. The summed E-state index contributed by atoms with van der Waals surface area (Å²) in [4.78, 5) is 12.0. The number of nitrogens with one attached hydrogen (secondary N) is 1. The Morgan fingerprint density at radius 1 is 1.25 bits per heavy atom. The highest BCUT2D eigenvalue weighted by atomic mass is 79.9. The zero-order valence-corrected chi connectivity index (χ0v) is 11.9. The van der Waals surface area contributed by atoms with E-state index >= 15 is 0 Å². The summed E-state index contributed by atoms with van der Waals surface area (Å²) in [5.41, 5.74) is 1.83. The summed E-state index contributed by atoms with van der Waals surface area (Å²) in [6, 6.07) is 12.9. The largest absolute Gasteiger partial charge is 0.348 e. The van der Waals surface area contributed by atoms with Gasteiger partial charge in [-0.2, -0.15) is 5.26 Å². The van der Waals surface area contributed by atoms with Crippen molar-refractivity contribution in [2.75, 3.05) is 0 Å². The first kappa shape index (κ1) is 14.2. The summed E-state index contributed by atoms with van der Waals surface area (Å²) in [5.74, 6) is -0.693. The molecule has 0 radical (unpaired) electrons. The SMILES string of the molecule is N#Cc1ccc(CNC(=O)c2ccc(F)cc2Br)cc1. The van der Waals surface area contributed by atoms with Gasteiger partial charge in [-0.15, -0.1) is 0 Å². The average molecular weight is 333 g/mol. The van der Waals surface area contributed by atoms with Crippen molar-refractivity contribution < 1.29 is 9.18 Å². The highest BCUT2D eigenvalue weighted by molar-refractivity contribution is 9.10. The molecule has 3 nitrogen and oxygen atoms in total. The maximum absolute atomic E-state index is 12.9. The van der Waals surface area contributed by atoms with Crippen LogP contribution < -0.4 is 5.32 Å². The van der Waals surface area contributed by atoms with Crippen LogP contribution in [0.1, 0.15) is 21.5 Å². The van der Waals surface area contributed by atoms with Crippen LogP contribution in [0, 0.1) is 17.1 Å². The van der Waals surface area contributed by atoms with Crippen molar-refractivity contribution in [2.45, 2.75) is 6.54 Å². The Bertz CT molecular complexity index is 677. The van der Waals surface area contributed by atoms with Gasteiger partial charge in [-0.1, -0.05) is 12.1 Å². The van der Waals surface area contributed by atoms with Crippen molar-refractivity contribution in [3.8, 4) is 6.07 Å². The minimum absolute atomic E-state index is 0.291. The summed E-state index contributed by atoms with van der Waals surface area (Å²) < 4.78 is 13.4. The fourth-order valence-corrected chi connectivity index (χ4v) is 2.18. The number of nitriles is 1. The van der Waals surface area contributed by atoms with E-state index in [2.05, 4.69) is 21.2 Å². The molecule has 0 saturated heterocycles. The maximum atomic E-state index is 12.9. The molecule has 0 unspecified atom stereocenters. The van der Waals surface area contributed by atoms with E-state index in [4.69, 9.17) is 5.26 Å². The van der Waals surface area contributed by atoms with Gasteiger partial charge in [0.05, 0.1) is 17.2 Å². The lowest BCUT2D eigenvalue weighted by Crippen LogP contribution is -2.23. The molecule has 20 heavy (non-hydrogen) atoms. The molecule has 0 fully saturated rings. The lowest BCUT2D eigenvalue weighted by atomic mass is 10.1. The quantitative estimate of drug-likeness (QED) is 0.936. The van der Waals surface area contributed by atoms with Gasteiger partial charge < -0.3 is 5.32 Å². The van der Waals surface area contributed by atoms with E-state index in [0.717, 1.165) is 5.56 Å². The highest BCUT2D eigenvalue weighted by Gasteiger charge is 2.10. The topological polar surface area (TPSA) is 52.9 Å². The van der Waals surface area contributed by atoms with Crippen LogP contribution in [0.2, 0.25) is 0 Å². The number of amides is 1. The molecule has 5 heteroatoms. The third-order valence-electron chi connectivity index (χ3n) is 2.71. The van der Waals surface area contributed by atoms with Gasteiger partial charge in [0.15, 0.2) is 0 Å². The number of halogens is 2. The zero-order valence-electron chi connectivity index (χ0n) is 10.4. The molecule has 0 saturated carbocycles. The number of hydrogen-bond donors (Lipinski definition) is 1. The number of carbonyl (C=O) groups is 1. The number of rotatable bonds is 3. The molecule has 2 rings (SSSR count). The monoisotopic (exact) mass is 332 g/mol. The standard InChI is InChI=1S/C15H10BrFN2O/c16-14-7-12(17)5-6-13(14)15(20)19-9-11-3-1-10(8-18)2-4-11/h1-7H,9H2,(H,19,20). The van der Waals surface area contributed by atoms with Gasteiger partial charge in [0.2, 0.25) is 0 Å².